The van der Waals surface area contributed by atoms with E-state index < -0.39 is 0 Å². The number of carbonyl (C=O) groups excluding carboxylic acids is 1. The van der Waals surface area contributed by atoms with Crippen molar-refractivity contribution >= 4 is 5.97 Å². The van der Waals surface area contributed by atoms with Gasteiger partial charge < -0.3 is 4.74 Å². The van der Waals surface area contributed by atoms with Crippen molar-refractivity contribution in [2.24, 2.45) is 5.92 Å². The maximum Gasteiger partial charge on any atom is 0.334 e. The fraction of sp³-hybridized carbons (Fsp3) is 0.438. The highest BCUT2D eigenvalue weighted by atomic mass is 16.5. The van der Waals surface area contributed by atoms with Gasteiger partial charge in [-0.05, 0) is 24.3 Å². The Morgan fingerprint density at radius 3 is 2.50 bits per heavy atom. The van der Waals surface area contributed by atoms with Crippen LogP contribution < -0.4 is 0 Å². The van der Waals surface area contributed by atoms with E-state index in [2.05, 4.69) is 6.58 Å². The van der Waals surface area contributed by atoms with E-state index in [9.17, 15) is 4.79 Å². The number of benzene rings is 1. The van der Waals surface area contributed by atoms with Gasteiger partial charge in [0, 0.05) is 5.57 Å². The van der Waals surface area contributed by atoms with Crippen molar-refractivity contribution in [2.45, 2.75) is 38.7 Å². The van der Waals surface area contributed by atoms with Crippen LogP contribution in [0.3, 0.4) is 0 Å². The molecule has 0 bridgehead atoms. The fourth-order valence-corrected chi connectivity index (χ4v) is 2.43. The molecule has 0 radical (unpaired) electrons. The van der Waals surface area contributed by atoms with Gasteiger partial charge in [-0.15, -0.1) is 0 Å². The van der Waals surface area contributed by atoms with Crippen molar-refractivity contribution in [1.29, 1.82) is 0 Å². The van der Waals surface area contributed by atoms with Crippen molar-refractivity contribution in [2.75, 3.05) is 0 Å². The van der Waals surface area contributed by atoms with E-state index >= 15 is 0 Å². The zero-order valence-corrected chi connectivity index (χ0v) is 10.7. The lowest BCUT2D eigenvalue weighted by atomic mass is 9.84. The lowest BCUT2D eigenvalue weighted by Crippen LogP contribution is -2.17. The molecule has 0 aliphatic heterocycles. The minimum absolute atomic E-state index is 0.231. The monoisotopic (exact) mass is 244 g/mol. The maximum atomic E-state index is 11.9. The lowest BCUT2D eigenvalue weighted by molar-refractivity contribution is -0.141. The number of esters is 1. The molecule has 1 aliphatic rings. The van der Waals surface area contributed by atoms with Crippen LogP contribution in [0.1, 0.15) is 37.7 Å². The molecule has 1 saturated carbocycles. The van der Waals surface area contributed by atoms with E-state index in [1.165, 1.54) is 19.3 Å². The number of hydrogen-bond donors (Lipinski definition) is 0. The third-order valence-corrected chi connectivity index (χ3v) is 3.57. The number of carbonyl (C=O) groups is 1. The van der Waals surface area contributed by atoms with E-state index in [0.717, 1.165) is 18.4 Å². The summed E-state index contributed by atoms with van der Waals surface area (Å²) in [7, 11) is 0. The second-order valence-electron chi connectivity index (χ2n) is 4.92. The van der Waals surface area contributed by atoms with Crippen LogP contribution in [0.15, 0.2) is 42.5 Å². The minimum atomic E-state index is -0.231. The SMILES string of the molecule is C=C(C(=O)OCc1ccccc1)C1CCCCC1. The molecule has 0 N–H and O–H groups in total. The van der Waals surface area contributed by atoms with Crippen molar-refractivity contribution < 1.29 is 9.53 Å². The van der Waals surface area contributed by atoms with Gasteiger partial charge in [-0.2, -0.15) is 0 Å². The lowest BCUT2D eigenvalue weighted by Gasteiger charge is -2.22. The second-order valence-corrected chi connectivity index (χ2v) is 4.92. The average Bonchev–Trinajstić information content (AvgIpc) is 2.46. The van der Waals surface area contributed by atoms with Crippen LogP contribution in [0.5, 0.6) is 0 Å². The van der Waals surface area contributed by atoms with Gasteiger partial charge in [0.05, 0.1) is 0 Å². The Balaban J connectivity index is 1.82. The molecule has 96 valence electrons. The first-order valence-electron chi connectivity index (χ1n) is 6.67. The number of hydrogen-bond acceptors (Lipinski definition) is 2. The molecular formula is C16H20O2. The first-order chi connectivity index (χ1) is 8.77. The molecule has 0 atom stereocenters. The average molecular weight is 244 g/mol. The zero-order chi connectivity index (χ0) is 12.8. The highest BCUT2D eigenvalue weighted by molar-refractivity contribution is 5.88. The quantitative estimate of drug-likeness (QED) is 0.593. The first kappa shape index (κ1) is 12.9. The van der Waals surface area contributed by atoms with Gasteiger partial charge in [0.25, 0.3) is 0 Å². The van der Waals surface area contributed by atoms with Gasteiger partial charge in [-0.25, -0.2) is 4.79 Å². The van der Waals surface area contributed by atoms with E-state index in [1.54, 1.807) is 0 Å². The van der Waals surface area contributed by atoms with Crippen LogP contribution in [0, 0.1) is 5.92 Å². The summed E-state index contributed by atoms with van der Waals surface area (Å²) in [4.78, 5) is 11.9. The Morgan fingerprint density at radius 1 is 1.17 bits per heavy atom. The van der Waals surface area contributed by atoms with Crippen LogP contribution in [-0.2, 0) is 16.1 Å². The minimum Gasteiger partial charge on any atom is -0.457 e. The molecule has 0 unspecified atom stereocenters. The maximum absolute atomic E-state index is 11.9. The number of ether oxygens (including phenoxy) is 1. The van der Waals surface area contributed by atoms with Crippen molar-refractivity contribution in [3.8, 4) is 0 Å². The molecule has 18 heavy (non-hydrogen) atoms. The summed E-state index contributed by atoms with van der Waals surface area (Å²) in [6, 6.07) is 9.75. The van der Waals surface area contributed by atoms with E-state index in [0.29, 0.717) is 18.1 Å². The Bertz CT molecular complexity index is 402. The smallest absolute Gasteiger partial charge is 0.334 e. The molecule has 1 aromatic rings. The van der Waals surface area contributed by atoms with Gasteiger partial charge in [0.2, 0.25) is 0 Å². The third-order valence-electron chi connectivity index (χ3n) is 3.57. The standard InChI is InChI=1S/C16H20O2/c1-13(15-10-6-3-7-11-15)16(17)18-12-14-8-4-2-5-9-14/h2,4-5,8-9,15H,1,3,6-7,10-12H2. The molecule has 2 nitrogen and oxygen atoms in total. The molecule has 1 fully saturated rings. The predicted octanol–water partition coefficient (Wildman–Crippen LogP) is 3.87. The van der Waals surface area contributed by atoms with Gasteiger partial charge in [-0.1, -0.05) is 56.2 Å². The normalized spacial score (nSPS) is 16.2. The highest BCUT2D eigenvalue weighted by Crippen LogP contribution is 2.29. The van der Waals surface area contributed by atoms with Crippen LogP contribution in [0.25, 0.3) is 0 Å². The van der Waals surface area contributed by atoms with Crippen molar-refractivity contribution in [1.82, 2.24) is 0 Å². The molecule has 1 aliphatic carbocycles. The molecule has 0 aromatic heterocycles. The molecule has 0 heterocycles. The van der Waals surface area contributed by atoms with Gasteiger partial charge in [-0.3, -0.25) is 0 Å². The van der Waals surface area contributed by atoms with Gasteiger partial charge in [0.1, 0.15) is 6.61 Å². The van der Waals surface area contributed by atoms with Crippen molar-refractivity contribution in [3.05, 3.63) is 48.0 Å². The molecule has 2 rings (SSSR count). The van der Waals surface area contributed by atoms with Crippen molar-refractivity contribution in [3.63, 3.8) is 0 Å². The molecular weight excluding hydrogens is 224 g/mol. The fourth-order valence-electron chi connectivity index (χ4n) is 2.43. The Hall–Kier alpha value is -1.57. The molecule has 0 spiro atoms. The van der Waals surface area contributed by atoms with Crippen LogP contribution >= 0.6 is 0 Å². The van der Waals surface area contributed by atoms with E-state index in [4.69, 9.17) is 4.74 Å². The molecule has 2 heteroatoms. The summed E-state index contributed by atoms with van der Waals surface area (Å²) in [6.45, 7) is 4.25. The molecule has 1 aromatic carbocycles. The Labute approximate surface area is 109 Å². The summed E-state index contributed by atoms with van der Waals surface area (Å²) in [5, 5.41) is 0. The predicted molar refractivity (Wildman–Crippen MR) is 72.0 cm³/mol. The molecule has 0 amide bonds. The third kappa shape index (κ3) is 3.46. The summed E-state index contributed by atoms with van der Waals surface area (Å²) in [6.07, 6.45) is 5.85. The Morgan fingerprint density at radius 2 is 1.83 bits per heavy atom. The molecule has 0 saturated heterocycles. The number of rotatable bonds is 4. The Kier molecular flexibility index (Phi) is 4.57. The summed E-state index contributed by atoms with van der Waals surface area (Å²) in [5.41, 5.74) is 1.67. The topological polar surface area (TPSA) is 26.3 Å². The first-order valence-corrected chi connectivity index (χ1v) is 6.67. The van der Waals surface area contributed by atoms with E-state index in [1.807, 2.05) is 30.3 Å². The zero-order valence-electron chi connectivity index (χ0n) is 10.7. The largest absolute Gasteiger partial charge is 0.457 e. The van der Waals surface area contributed by atoms with Crippen LogP contribution in [0.4, 0.5) is 0 Å². The van der Waals surface area contributed by atoms with Gasteiger partial charge >= 0.3 is 5.97 Å². The summed E-state index contributed by atoms with van der Waals surface area (Å²) in [5.74, 6) is 0.104. The van der Waals surface area contributed by atoms with Crippen LogP contribution in [-0.4, -0.2) is 5.97 Å². The van der Waals surface area contributed by atoms with Crippen LogP contribution in [0.2, 0.25) is 0 Å². The second kappa shape index (κ2) is 6.39. The summed E-state index contributed by atoms with van der Waals surface area (Å²) >= 11 is 0. The van der Waals surface area contributed by atoms with Gasteiger partial charge in [0.15, 0.2) is 0 Å². The highest BCUT2D eigenvalue weighted by Gasteiger charge is 2.22. The van der Waals surface area contributed by atoms with E-state index in [-0.39, 0.29) is 5.97 Å². The summed E-state index contributed by atoms with van der Waals surface area (Å²) < 4.78 is 5.30.